The summed E-state index contributed by atoms with van der Waals surface area (Å²) in [4.78, 5) is 24.7. The number of rotatable bonds is 5. The normalized spacial score (nSPS) is 14.5. The maximum atomic E-state index is 12.8. The number of carbonyl (C=O) groups is 1. The third-order valence-corrected chi connectivity index (χ3v) is 7.10. The number of fused-ring (bicyclic) bond motifs is 1. The Balaban J connectivity index is 1.55. The van der Waals surface area contributed by atoms with Gasteiger partial charge in [0.2, 0.25) is 0 Å². The highest BCUT2D eigenvalue weighted by atomic mass is 19.4. The summed E-state index contributed by atoms with van der Waals surface area (Å²) in [6, 6.07) is 18.2. The molecule has 0 saturated heterocycles. The van der Waals surface area contributed by atoms with Crippen LogP contribution in [-0.2, 0) is 4.74 Å². The molecule has 10 heteroatoms. The molecular formula is C29H25F3N4O3. The molecule has 0 spiro atoms. The van der Waals surface area contributed by atoms with Gasteiger partial charge >= 0.3 is 12.3 Å². The zero-order valence-electron chi connectivity index (χ0n) is 21.2. The van der Waals surface area contributed by atoms with E-state index in [0.29, 0.717) is 28.1 Å². The third-order valence-electron chi connectivity index (χ3n) is 7.10. The van der Waals surface area contributed by atoms with Crippen molar-refractivity contribution in [3.63, 3.8) is 0 Å². The summed E-state index contributed by atoms with van der Waals surface area (Å²) in [5.41, 5.74) is 4.20. The molecule has 5 rings (SSSR count). The highest BCUT2D eigenvalue weighted by Crippen LogP contribution is 2.43. The van der Waals surface area contributed by atoms with E-state index in [-0.39, 0.29) is 17.3 Å². The van der Waals surface area contributed by atoms with Crippen LogP contribution in [0.4, 0.5) is 23.7 Å². The van der Waals surface area contributed by atoms with Crippen LogP contribution >= 0.6 is 0 Å². The summed E-state index contributed by atoms with van der Waals surface area (Å²) in [6.07, 6.45) is -3.45. The maximum absolute atomic E-state index is 12.8. The molecule has 1 amide bonds. The van der Waals surface area contributed by atoms with Crippen molar-refractivity contribution in [1.29, 1.82) is 5.26 Å². The summed E-state index contributed by atoms with van der Waals surface area (Å²) in [7, 11) is 0. The smallest absolute Gasteiger partial charge is 0.425 e. The second-order valence-electron chi connectivity index (χ2n) is 9.65. The van der Waals surface area contributed by atoms with Gasteiger partial charge in [-0.1, -0.05) is 18.2 Å². The Morgan fingerprint density at radius 2 is 1.87 bits per heavy atom. The molecule has 200 valence electrons. The van der Waals surface area contributed by atoms with Crippen molar-refractivity contribution < 1.29 is 22.7 Å². The van der Waals surface area contributed by atoms with E-state index >= 15 is 0 Å². The highest BCUT2D eigenvalue weighted by Gasteiger charge is 2.39. The summed E-state index contributed by atoms with van der Waals surface area (Å²) in [6.45, 7) is 2.52. The molecule has 1 saturated carbocycles. The average Bonchev–Trinajstić information content (AvgIpc) is 3.17. The number of pyridine rings is 1. The SMILES string of the molecule is Cc1cccn(-c2ccc3c(C#N)c(-c4ccc(NC(=O)O[C@H](C)C(F)(F)F)cc4)n(C4CCC4)c3c2)c1=O. The minimum absolute atomic E-state index is 0.120. The molecule has 0 bridgehead atoms. The Labute approximate surface area is 222 Å². The molecule has 2 aromatic heterocycles. The maximum Gasteiger partial charge on any atom is 0.425 e. The topological polar surface area (TPSA) is 89.0 Å². The molecule has 4 aromatic rings. The number of nitriles is 1. The molecule has 2 aromatic carbocycles. The minimum atomic E-state index is -4.66. The third kappa shape index (κ3) is 4.88. The van der Waals surface area contributed by atoms with Crippen molar-refractivity contribution in [3.05, 3.63) is 82.3 Å². The number of benzene rings is 2. The molecule has 2 heterocycles. The molecule has 39 heavy (non-hydrogen) atoms. The number of hydrogen-bond acceptors (Lipinski definition) is 4. The van der Waals surface area contributed by atoms with Crippen LogP contribution in [-0.4, -0.2) is 27.5 Å². The van der Waals surface area contributed by atoms with Gasteiger partial charge in [0, 0.05) is 28.9 Å². The summed E-state index contributed by atoms with van der Waals surface area (Å²) >= 11 is 0. The van der Waals surface area contributed by atoms with E-state index in [2.05, 4.69) is 20.7 Å². The van der Waals surface area contributed by atoms with Gasteiger partial charge in [-0.15, -0.1) is 0 Å². The molecule has 0 radical (unpaired) electrons. The van der Waals surface area contributed by atoms with Crippen LogP contribution in [0.25, 0.3) is 27.8 Å². The lowest BCUT2D eigenvalue weighted by Crippen LogP contribution is -2.32. The van der Waals surface area contributed by atoms with E-state index in [9.17, 15) is 28.0 Å². The van der Waals surface area contributed by atoms with E-state index in [0.717, 1.165) is 37.1 Å². The molecule has 0 unspecified atom stereocenters. The van der Waals surface area contributed by atoms with Crippen LogP contribution in [0, 0.1) is 18.3 Å². The molecule has 1 aliphatic carbocycles. The first-order valence-corrected chi connectivity index (χ1v) is 12.5. The predicted molar refractivity (Wildman–Crippen MR) is 141 cm³/mol. The fourth-order valence-corrected chi connectivity index (χ4v) is 4.76. The van der Waals surface area contributed by atoms with Gasteiger partial charge in [-0.3, -0.25) is 14.7 Å². The van der Waals surface area contributed by atoms with E-state index < -0.39 is 18.4 Å². The van der Waals surface area contributed by atoms with Gasteiger partial charge < -0.3 is 9.30 Å². The summed E-state index contributed by atoms with van der Waals surface area (Å²) in [5.74, 6) is 0. The fraction of sp³-hybridized carbons (Fsp3) is 0.276. The lowest BCUT2D eigenvalue weighted by atomic mass is 9.92. The number of halogens is 3. The first-order valence-electron chi connectivity index (χ1n) is 12.5. The Bertz CT molecular complexity index is 1660. The number of aryl methyl sites for hydroxylation is 1. The monoisotopic (exact) mass is 534 g/mol. The fourth-order valence-electron chi connectivity index (χ4n) is 4.76. The van der Waals surface area contributed by atoms with Gasteiger partial charge in [-0.25, -0.2) is 4.79 Å². The van der Waals surface area contributed by atoms with Crippen molar-refractivity contribution in [1.82, 2.24) is 9.13 Å². The lowest BCUT2D eigenvalue weighted by Gasteiger charge is -2.30. The molecular weight excluding hydrogens is 509 g/mol. The molecule has 1 fully saturated rings. The van der Waals surface area contributed by atoms with E-state index in [1.54, 1.807) is 48.0 Å². The minimum Gasteiger partial charge on any atom is -0.437 e. The lowest BCUT2D eigenvalue weighted by molar-refractivity contribution is -0.196. The first-order chi connectivity index (χ1) is 18.6. The molecule has 1 aliphatic rings. The van der Waals surface area contributed by atoms with Crippen molar-refractivity contribution in [3.8, 4) is 23.0 Å². The molecule has 7 nitrogen and oxygen atoms in total. The Hall–Kier alpha value is -4.52. The van der Waals surface area contributed by atoms with Crippen molar-refractivity contribution >= 4 is 22.7 Å². The number of anilines is 1. The number of ether oxygens (including phenoxy) is 1. The Morgan fingerprint density at radius 3 is 2.49 bits per heavy atom. The van der Waals surface area contributed by atoms with E-state index in [1.165, 1.54) is 0 Å². The van der Waals surface area contributed by atoms with Crippen LogP contribution < -0.4 is 10.9 Å². The van der Waals surface area contributed by atoms with Gasteiger partial charge in [-0.2, -0.15) is 18.4 Å². The average molecular weight is 535 g/mol. The number of nitrogens with one attached hydrogen (secondary N) is 1. The summed E-state index contributed by atoms with van der Waals surface area (Å²) in [5, 5.41) is 13.2. The number of aromatic nitrogens is 2. The van der Waals surface area contributed by atoms with Crippen LogP contribution in [0.3, 0.4) is 0 Å². The van der Waals surface area contributed by atoms with Gasteiger partial charge in [0.1, 0.15) is 6.07 Å². The second-order valence-corrected chi connectivity index (χ2v) is 9.65. The number of amides is 1. The number of carbonyl (C=O) groups excluding carboxylic acids is 1. The number of nitrogens with zero attached hydrogens (tertiary/aromatic N) is 3. The van der Waals surface area contributed by atoms with E-state index in [1.807, 2.05) is 24.3 Å². The Kier molecular flexibility index (Phi) is 6.68. The van der Waals surface area contributed by atoms with Crippen LogP contribution in [0.1, 0.15) is 43.4 Å². The van der Waals surface area contributed by atoms with Gasteiger partial charge in [-0.05, 0) is 75.1 Å². The van der Waals surface area contributed by atoms with Gasteiger partial charge in [0.05, 0.1) is 22.5 Å². The van der Waals surface area contributed by atoms with Crippen LogP contribution in [0.15, 0.2) is 65.6 Å². The zero-order valence-corrected chi connectivity index (χ0v) is 21.2. The molecule has 1 atom stereocenters. The predicted octanol–water partition coefficient (Wildman–Crippen LogP) is 6.86. The van der Waals surface area contributed by atoms with Gasteiger partial charge in [0.25, 0.3) is 5.56 Å². The zero-order chi connectivity index (χ0) is 27.9. The first kappa shape index (κ1) is 26.1. The molecule has 1 N–H and O–H groups in total. The highest BCUT2D eigenvalue weighted by molar-refractivity contribution is 5.96. The number of alkyl halides is 3. The van der Waals surface area contributed by atoms with E-state index in [4.69, 9.17) is 0 Å². The van der Waals surface area contributed by atoms with Crippen molar-refractivity contribution in [2.45, 2.75) is 51.4 Å². The largest absolute Gasteiger partial charge is 0.437 e. The molecule has 0 aliphatic heterocycles. The van der Waals surface area contributed by atoms with Crippen LogP contribution in [0.5, 0.6) is 0 Å². The van der Waals surface area contributed by atoms with Crippen LogP contribution in [0.2, 0.25) is 0 Å². The standard InChI is InChI=1S/C29H25F3N4O3/c1-17-5-4-14-35(27(17)37)22-12-13-23-24(16-33)26(36(25(23)15-22)21-6-3-7-21)19-8-10-20(11-9-19)34-28(38)39-18(2)29(30,31)32/h4-5,8-15,18,21H,3,6-7H2,1-2H3,(H,34,38)/t18-/m1/s1. The second kappa shape index (κ2) is 9.98. The van der Waals surface area contributed by atoms with Gasteiger partial charge in [0.15, 0.2) is 6.10 Å². The van der Waals surface area contributed by atoms with Crippen molar-refractivity contribution in [2.24, 2.45) is 0 Å². The van der Waals surface area contributed by atoms with Crippen molar-refractivity contribution in [2.75, 3.05) is 5.32 Å². The Morgan fingerprint density at radius 1 is 1.15 bits per heavy atom. The quantitative estimate of drug-likeness (QED) is 0.303. The number of hydrogen-bond donors (Lipinski definition) is 1. The summed E-state index contributed by atoms with van der Waals surface area (Å²) < 4.78 is 46.2.